The molecule has 0 aromatic rings. The molecule has 6 heteroatoms. The molecule has 2 unspecified atom stereocenters. The van der Waals surface area contributed by atoms with E-state index in [0.29, 0.717) is 0 Å². The Bertz CT molecular complexity index is 323. The zero-order valence-electron chi connectivity index (χ0n) is 9.76. The third kappa shape index (κ3) is 3.17. The molecule has 15 heavy (non-hydrogen) atoms. The second-order valence-electron chi connectivity index (χ2n) is 4.03. The van der Waals surface area contributed by atoms with Crippen molar-refractivity contribution in [2.75, 3.05) is 7.05 Å². The first-order valence-electron chi connectivity index (χ1n) is 4.82. The van der Waals surface area contributed by atoms with Gasteiger partial charge >= 0.3 is 5.97 Å². The van der Waals surface area contributed by atoms with Crippen molar-refractivity contribution >= 4 is 16.0 Å². The molecule has 2 atom stereocenters. The van der Waals surface area contributed by atoms with Crippen LogP contribution >= 0.6 is 0 Å². The maximum atomic E-state index is 11.8. The lowest BCUT2D eigenvalue weighted by molar-refractivity contribution is -0.136. The minimum Gasteiger partial charge on any atom is -0.480 e. The van der Waals surface area contributed by atoms with Crippen LogP contribution in [0, 0.1) is 5.92 Å². The normalized spacial score (nSPS) is 16.7. The Labute approximate surface area is 91.1 Å². The van der Waals surface area contributed by atoms with Gasteiger partial charge in [0.25, 0.3) is 0 Å². The summed E-state index contributed by atoms with van der Waals surface area (Å²) in [4.78, 5) is 10.6. The highest BCUT2D eigenvalue weighted by atomic mass is 32.2. The summed E-state index contributed by atoms with van der Waals surface area (Å²) >= 11 is 0. The van der Waals surface area contributed by atoms with Crippen LogP contribution in [0.25, 0.3) is 0 Å². The van der Waals surface area contributed by atoms with Crippen molar-refractivity contribution in [1.29, 1.82) is 0 Å². The van der Waals surface area contributed by atoms with Crippen LogP contribution in [-0.4, -0.2) is 42.1 Å². The molecule has 0 aromatic heterocycles. The number of carbonyl (C=O) groups is 1. The Kier molecular flexibility index (Phi) is 4.73. The molecule has 0 amide bonds. The SMILES string of the molecule is CC(C)C(C)N(C)S(=O)(=O)C(C)C(=O)O. The number of carboxylic acids is 1. The minimum absolute atomic E-state index is 0.144. The number of sulfonamides is 1. The highest BCUT2D eigenvalue weighted by Gasteiger charge is 2.34. The van der Waals surface area contributed by atoms with E-state index in [9.17, 15) is 13.2 Å². The Morgan fingerprint density at radius 1 is 1.20 bits per heavy atom. The number of carboxylic acid groups (broad SMARTS) is 1. The lowest BCUT2D eigenvalue weighted by Crippen LogP contribution is -2.45. The summed E-state index contributed by atoms with van der Waals surface area (Å²) in [7, 11) is -2.33. The van der Waals surface area contributed by atoms with Gasteiger partial charge in [-0.1, -0.05) is 13.8 Å². The van der Waals surface area contributed by atoms with Crippen molar-refractivity contribution in [2.45, 2.75) is 39.0 Å². The molecule has 0 heterocycles. The van der Waals surface area contributed by atoms with Crippen LogP contribution in [0.15, 0.2) is 0 Å². The van der Waals surface area contributed by atoms with Gasteiger partial charge in [0.2, 0.25) is 10.0 Å². The number of hydrogen-bond acceptors (Lipinski definition) is 3. The highest BCUT2D eigenvalue weighted by molar-refractivity contribution is 7.90. The molecule has 0 saturated heterocycles. The molecule has 0 spiro atoms. The fourth-order valence-electron chi connectivity index (χ4n) is 1.03. The Morgan fingerprint density at radius 3 is 1.87 bits per heavy atom. The van der Waals surface area contributed by atoms with Gasteiger partial charge in [0.1, 0.15) is 0 Å². The van der Waals surface area contributed by atoms with Crippen LogP contribution in [0.5, 0.6) is 0 Å². The van der Waals surface area contributed by atoms with Gasteiger partial charge in [-0.15, -0.1) is 0 Å². The van der Waals surface area contributed by atoms with Gasteiger partial charge in [0.05, 0.1) is 0 Å². The quantitative estimate of drug-likeness (QED) is 0.766. The Morgan fingerprint density at radius 2 is 1.60 bits per heavy atom. The van der Waals surface area contributed by atoms with E-state index in [1.807, 2.05) is 13.8 Å². The summed E-state index contributed by atoms with van der Waals surface area (Å²) in [6.07, 6.45) is 0. The number of nitrogens with zero attached hydrogens (tertiary/aromatic N) is 1. The van der Waals surface area contributed by atoms with E-state index in [1.54, 1.807) is 6.92 Å². The molecule has 0 aliphatic heterocycles. The summed E-state index contributed by atoms with van der Waals surface area (Å²) in [5.41, 5.74) is 0. The Hall–Kier alpha value is -0.620. The van der Waals surface area contributed by atoms with Gasteiger partial charge < -0.3 is 5.11 Å². The van der Waals surface area contributed by atoms with Crippen LogP contribution in [-0.2, 0) is 14.8 Å². The van der Waals surface area contributed by atoms with Crippen LogP contribution in [0.1, 0.15) is 27.7 Å². The molecule has 90 valence electrons. The summed E-state index contributed by atoms with van der Waals surface area (Å²) in [5, 5.41) is 7.28. The predicted octanol–water partition coefficient (Wildman–Crippen LogP) is 0.766. The zero-order valence-corrected chi connectivity index (χ0v) is 10.6. The van der Waals surface area contributed by atoms with E-state index in [4.69, 9.17) is 5.11 Å². The highest BCUT2D eigenvalue weighted by Crippen LogP contribution is 2.16. The van der Waals surface area contributed by atoms with Crippen molar-refractivity contribution in [3.8, 4) is 0 Å². The summed E-state index contributed by atoms with van der Waals surface area (Å²) in [6.45, 7) is 6.72. The van der Waals surface area contributed by atoms with Gasteiger partial charge in [-0.25, -0.2) is 12.7 Å². The molecule has 0 radical (unpaired) electrons. The first kappa shape index (κ1) is 14.4. The average Bonchev–Trinajstić information content (AvgIpc) is 2.13. The molecule has 5 nitrogen and oxygen atoms in total. The molecule has 0 aliphatic rings. The van der Waals surface area contributed by atoms with Crippen LogP contribution < -0.4 is 0 Å². The van der Waals surface area contributed by atoms with E-state index < -0.39 is 21.2 Å². The molecule has 0 saturated carbocycles. The molecule has 0 bridgehead atoms. The molecule has 0 aliphatic carbocycles. The van der Waals surface area contributed by atoms with Crippen LogP contribution in [0.3, 0.4) is 0 Å². The third-order valence-corrected chi connectivity index (χ3v) is 4.96. The second-order valence-corrected chi connectivity index (χ2v) is 6.34. The van der Waals surface area contributed by atoms with Gasteiger partial charge in [0, 0.05) is 13.1 Å². The summed E-state index contributed by atoms with van der Waals surface area (Å²) in [6, 6.07) is -0.211. The predicted molar refractivity (Wildman–Crippen MR) is 58.1 cm³/mol. The van der Waals surface area contributed by atoms with Gasteiger partial charge in [-0.05, 0) is 19.8 Å². The molecular weight excluding hydrogens is 218 g/mol. The number of hydrogen-bond donors (Lipinski definition) is 1. The monoisotopic (exact) mass is 237 g/mol. The molecule has 0 aromatic carbocycles. The number of aliphatic carboxylic acids is 1. The summed E-state index contributed by atoms with van der Waals surface area (Å²) in [5.74, 6) is -1.18. The van der Waals surface area contributed by atoms with Crippen molar-refractivity contribution < 1.29 is 18.3 Å². The Balaban J connectivity index is 4.97. The maximum absolute atomic E-state index is 11.8. The average molecular weight is 237 g/mol. The number of rotatable bonds is 5. The van der Waals surface area contributed by atoms with Gasteiger partial charge in [0.15, 0.2) is 5.25 Å². The topological polar surface area (TPSA) is 74.7 Å². The molecule has 1 N–H and O–H groups in total. The van der Waals surface area contributed by atoms with Crippen LogP contribution in [0.4, 0.5) is 0 Å². The first-order valence-corrected chi connectivity index (χ1v) is 6.32. The maximum Gasteiger partial charge on any atom is 0.323 e. The first-order chi connectivity index (χ1) is 6.62. The smallest absolute Gasteiger partial charge is 0.323 e. The fraction of sp³-hybridized carbons (Fsp3) is 0.889. The van der Waals surface area contributed by atoms with Crippen molar-refractivity contribution in [3.63, 3.8) is 0 Å². The van der Waals surface area contributed by atoms with E-state index in [2.05, 4.69) is 0 Å². The molecule has 0 rings (SSSR count). The second kappa shape index (κ2) is 4.94. The lowest BCUT2D eigenvalue weighted by Gasteiger charge is -2.28. The lowest BCUT2D eigenvalue weighted by atomic mass is 10.1. The van der Waals surface area contributed by atoms with Crippen LogP contribution in [0.2, 0.25) is 0 Å². The fourth-order valence-corrected chi connectivity index (χ4v) is 2.49. The van der Waals surface area contributed by atoms with E-state index in [0.717, 1.165) is 4.31 Å². The van der Waals surface area contributed by atoms with Crippen molar-refractivity contribution in [2.24, 2.45) is 5.92 Å². The van der Waals surface area contributed by atoms with Crippen molar-refractivity contribution in [1.82, 2.24) is 4.31 Å². The molecular formula is C9H19NO4S. The molecule has 0 fully saturated rings. The van der Waals surface area contributed by atoms with E-state index in [-0.39, 0.29) is 12.0 Å². The van der Waals surface area contributed by atoms with Gasteiger partial charge in [-0.3, -0.25) is 4.79 Å². The van der Waals surface area contributed by atoms with E-state index in [1.165, 1.54) is 14.0 Å². The van der Waals surface area contributed by atoms with Gasteiger partial charge in [-0.2, -0.15) is 0 Å². The third-order valence-electron chi connectivity index (χ3n) is 2.73. The zero-order chi connectivity index (χ0) is 12.4. The standard InChI is InChI=1S/C9H19NO4S/c1-6(2)7(3)10(5)15(13,14)8(4)9(11)12/h6-8H,1-5H3,(H,11,12). The summed E-state index contributed by atoms with van der Waals surface area (Å²) < 4.78 is 24.7. The van der Waals surface area contributed by atoms with E-state index >= 15 is 0 Å². The largest absolute Gasteiger partial charge is 0.480 e. The van der Waals surface area contributed by atoms with Crippen molar-refractivity contribution in [3.05, 3.63) is 0 Å². The minimum atomic E-state index is -3.75.